The Labute approximate surface area is 150 Å². The summed E-state index contributed by atoms with van der Waals surface area (Å²) in [5.41, 5.74) is 1.15. The molecule has 1 aromatic rings. The fourth-order valence-corrected chi connectivity index (χ4v) is 4.32. The van der Waals surface area contributed by atoms with E-state index in [1.54, 1.807) is 18.3 Å². The van der Waals surface area contributed by atoms with Crippen molar-refractivity contribution >= 4 is 56.4 Å². The topological polar surface area (TPSA) is 68.9 Å². The highest BCUT2D eigenvalue weighted by molar-refractivity contribution is 8.77. The second-order valence-corrected chi connectivity index (χ2v) is 9.06. The van der Waals surface area contributed by atoms with Crippen molar-refractivity contribution in [2.24, 2.45) is 0 Å². The van der Waals surface area contributed by atoms with Crippen LogP contribution in [0, 0.1) is 17.0 Å². The molecule has 0 aliphatic heterocycles. The van der Waals surface area contributed by atoms with Crippen LogP contribution < -0.4 is 0 Å². The lowest BCUT2D eigenvalue weighted by atomic mass is 10.0. The van der Waals surface area contributed by atoms with Crippen molar-refractivity contribution in [2.45, 2.75) is 27.2 Å². The molecule has 0 saturated heterocycles. The van der Waals surface area contributed by atoms with Gasteiger partial charge in [-0.15, -0.1) is 0 Å². The van der Waals surface area contributed by atoms with Crippen LogP contribution in [0.1, 0.15) is 12.1 Å². The van der Waals surface area contributed by atoms with Gasteiger partial charge in [-0.2, -0.15) is 0 Å². The van der Waals surface area contributed by atoms with Gasteiger partial charge in [0.25, 0.3) is 0 Å². The summed E-state index contributed by atoms with van der Waals surface area (Å²) in [5.74, 6) is 0. The van der Waals surface area contributed by atoms with Crippen molar-refractivity contribution in [1.29, 1.82) is 0 Å². The number of nitrogens with zero attached hydrogens (tertiary/aromatic N) is 3. The summed E-state index contributed by atoms with van der Waals surface area (Å²) in [7, 11) is 2.10. The van der Waals surface area contributed by atoms with Crippen molar-refractivity contribution < 1.29 is 4.92 Å². The second-order valence-electron chi connectivity index (χ2n) is 4.43. The van der Waals surface area contributed by atoms with Crippen molar-refractivity contribution in [3.8, 4) is 0 Å². The quantitative estimate of drug-likeness (QED) is 0.139. The molecule has 5 nitrogen and oxygen atoms in total. The van der Waals surface area contributed by atoms with E-state index in [2.05, 4.69) is 9.97 Å². The van der Waals surface area contributed by atoms with Gasteiger partial charge in [0.2, 0.25) is 3.79 Å². The predicted octanol–water partition coefficient (Wildman–Crippen LogP) is 4.75. The van der Waals surface area contributed by atoms with Gasteiger partial charge in [0.05, 0.1) is 0 Å². The smallest absolute Gasteiger partial charge is 0.262 e. The zero-order valence-corrected chi connectivity index (χ0v) is 15.1. The largest absolute Gasteiger partial charge is 0.314 e. The molecule has 1 unspecified atom stereocenters. The van der Waals surface area contributed by atoms with E-state index < -0.39 is 13.6 Å². The Bertz CT molecular complexity index is 649. The molecule has 0 N–H and O–H groups in total. The molecule has 2 rings (SSSR count). The molecule has 0 radical (unpaired) electrons. The number of aromatic nitrogens is 2. The molecule has 1 heterocycles. The summed E-state index contributed by atoms with van der Waals surface area (Å²) in [4.78, 5) is 17.9. The summed E-state index contributed by atoms with van der Waals surface area (Å²) in [5, 5.41) is 12.0. The van der Waals surface area contributed by atoms with E-state index in [4.69, 9.17) is 34.8 Å². The fourth-order valence-electron chi connectivity index (χ4n) is 1.67. The summed E-state index contributed by atoms with van der Waals surface area (Å²) < 4.78 is -1.67. The number of hydrogen-bond acceptors (Lipinski definition) is 6. The van der Waals surface area contributed by atoms with Crippen molar-refractivity contribution in [3.63, 3.8) is 0 Å². The number of hydrogen-bond donors (Lipinski definition) is 0. The minimum Gasteiger partial charge on any atom is -0.262 e. The summed E-state index contributed by atoms with van der Waals surface area (Å²) in [6.07, 6.45) is 6.46. The third-order valence-electron chi connectivity index (χ3n) is 2.75. The van der Waals surface area contributed by atoms with Crippen LogP contribution in [0.2, 0.25) is 0 Å². The van der Waals surface area contributed by atoms with Crippen LogP contribution in [-0.4, -0.2) is 23.6 Å². The number of nitro groups is 1. The van der Waals surface area contributed by atoms with Gasteiger partial charge < -0.3 is 0 Å². The van der Waals surface area contributed by atoms with Crippen LogP contribution in [0.3, 0.4) is 0 Å². The van der Waals surface area contributed by atoms with Gasteiger partial charge in [-0.1, -0.05) is 40.9 Å². The van der Waals surface area contributed by atoms with E-state index in [0.717, 1.165) is 27.3 Å². The molecule has 0 saturated carbocycles. The van der Waals surface area contributed by atoms with Crippen LogP contribution in [0.4, 0.5) is 0 Å². The Hall–Kier alpha value is -0.470. The lowest BCUT2D eigenvalue weighted by Crippen LogP contribution is -2.32. The summed E-state index contributed by atoms with van der Waals surface area (Å²) in [6, 6.07) is 1.75. The lowest BCUT2D eigenvalue weighted by Gasteiger charge is -2.24. The average molecular weight is 399 g/mol. The maximum absolute atomic E-state index is 11.5. The van der Waals surface area contributed by atoms with Gasteiger partial charge in [-0.05, 0) is 35.8 Å². The van der Waals surface area contributed by atoms with Crippen molar-refractivity contribution in [1.82, 2.24) is 9.97 Å². The van der Waals surface area contributed by atoms with Gasteiger partial charge in [0.1, 0.15) is 0 Å². The van der Waals surface area contributed by atoms with Gasteiger partial charge in [0, 0.05) is 39.8 Å². The average Bonchev–Trinajstić information content (AvgIpc) is 2.44. The van der Waals surface area contributed by atoms with Crippen LogP contribution in [0.15, 0.2) is 41.2 Å². The third kappa shape index (κ3) is 4.29. The maximum atomic E-state index is 11.5. The number of rotatable bonds is 4. The van der Waals surface area contributed by atoms with Gasteiger partial charge in [0.15, 0.2) is 5.16 Å². The standard InChI is InChI=1S/C12H10Cl3N3O2S2/c1-8-4-6-16-10(17-8)21-22-11(18(19)20)5-2-3-9(7-11)12(13,14)15/h2,4-7H,3H2,1H3. The number of aryl methyl sites for hydroxylation is 1. The first-order chi connectivity index (χ1) is 10.2. The zero-order chi connectivity index (χ0) is 16.4. The Morgan fingerprint density at radius 1 is 1.45 bits per heavy atom. The maximum Gasteiger partial charge on any atom is 0.314 e. The fraction of sp³-hybridized carbons (Fsp3) is 0.333. The van der Waals surface area contributed by atoms with Gasteiger partial charge in [-0.25, -0.2) is 9.97 Å². The molecule has 0 spiro atoms. The van der Waals surface area contributed by atoms with E-state index in [9.17, 15) is 10.1 Å². The minimum absolute atomic E-state index is 0.359. The normalized spacial score (nSPS) is 21.5. The molecule has 22 heavy (non-hydrogen) atoms. The Balaban J connectivity index is 2.26. The SMILES string of the molecule is Cc1ccnc(SSC2([N+](=O)[O-])C=CCC(C(Cl)(Cl)Cl)=C2)n1. The molecule has 10 heteroatoms. The molecule has 1 aliphatic carbocycles. The van der Waals surface area contributed by atoms with E-state index in [-0.39, 0.29) is 0 Å². The minimum atomic E-state index is -1.67. The second kappa shape index (κ2) is 6.97. The Kier molecular flexibility index (Phi) is 5.66. The van der Waals surface area contributed by atoms with Gasteiger partial charge >= 0.3 is 4.87 Å². The number of alkyl halides is 3. The van der Waals surface area contributed by atoms with Crippen molar-refractivity contribution in [3.05, 3.63) is 51.9 Å². The van der Waals surface area contributed by atoms with Crippen LogP contribution in [0.5, 0.6) is 0 Å². The zero-order valence-electron chi connectivity index (χ0n) is 11.2. The highest BCUT2D eigenvalue weighted by atomic mass is 35.6. The van der Waals surface area contributed by atoms with Crippen LogP contribution >= 0.6 is 56.4 Å². The van der Waals surface area contributed by atoms with E-state index in [0.29, 0.717) is 17.2 Å². The summed E-state index contributed by atoms with van der Waals surface area (Å²) >= 11 is 17.5. The van der Waals surface area contributed by atoms with Gasteiger partial charge in [-0.3, -0.25) is 10.1 Å². The number of allylic oxidation sites excluding steroid dienone is 2. The van der Waals surface area contributed by atoms with Crippen LogP contribution in [0.25, 0.3) is 0 Å². The first kappa shape index (κ1) is 17.9. The lowest BCUT2D eigenvalue weighted by molar-refractivity contribution is -0.511. The molecule has 1 atom stereocenters. The highest BCUT2D eigenvalue weighted by Crippen LogP contribution is 2.47. The summed E-state index contributed by atoms with van der Waals surface area (Å²) in [6.45, 7) is 1.82. The molecule has 0 bridgehead atoms. The molecular formula is C12H10Cl3N3O2S2. The first-order valence-electron chi connectivity index (χ1n) is 5.99. The molecular weight excluding hydrogens is 389 g/mol. The van der Waals surface area contributed by atoms with Crippen LogP contribution in [-0.2, 0) is 0 Å². The molecule has 1 aromatic heterocycles. The first-order valence-corrected chi connectivity index (χ1v) is 9.28. The Morgan fingerprint density at radius 3 is 2.77 bits per heavy atom. The molecule has 0 fully saturated rings. The monoisotopic (exact) mass is 397 g/mol. The van der Waals surface area contributed by atoms with E-state index in [1.165, 1.54) is 12.2 Å². The number of halogens is 3. The van der Waals surface area contributed by atoms with Crippen molar-refractivity contribution in [2.75, 3.05) is 0 Å². The van der Waals surface area contributed by atoms with E-state index in [1.807, 2.05) is 6.92 Å². The Morgan fingerprint density at radius 2 is 2.18 bits per heavy atom. The molecule has 118 valence electrons. The predicted molar refractivity (Wildman–Crippen MR) is 92.1 cm³/mol. The third-order valence-corrected chi connectivity index (χ3v) is 6.07. The van der Waals surface area contributed by atoms with E-state index >= 15 is 0 Å². The highest BCUT2D eigenvalue weighted by Gasteiger charge is 2.44. The molecule has 1 aliphatic rings. The molecule has 0 aromatic carbocycles. The molecule has 0 amide bonds.